The van der Waals surface area contributed by atoms with E-state index in [-0.39, 0.29) is 11.8 Å². The molecule has 0 aromatic rings. The minimum atomic E-state index is 0.0238. The van der Waals surface area contributed by atoms with Gasteiger partial charge in [-0.15, -0.1) is 0 Å². The number of carbonyl (C=O) groups is 2. The first kappa shape index (κ1) is 14.0. The van der Waals surface area contributed by atoms with E-state index in [4.69, 9.17) is 0 Å². The van der Waals surface area contributed by atoms with Gasteiger partial charge >= 0.3 is 0 Å². The summed E-state index contributed by atoms with van der Waals surface area (Å²) in [6.07, 6.45) is 1.97. The van der Waals surface area contributed by atoms with Crippen molar-refractivity contribution < 1.29 is 9.59 Å². The van der Waals surface area contributed by atoms with Crippen LogP contribution in [-0.2, 0) is 9.59 Å². The molecule has 0 spiro atoms. The second-order valence-corrected chi connectivity index (χ2v) is 4.54. The Kier molecular flexibility index (Phi) is 5.97. The number of hydrogen-bond donors (Lipinski definition) is 2. The summed E-state index contributed by atoms with van der Waals surface area (Å²) in [6, 6.07) is 0. The summed E-state index contributed by atoms with van der Waals surface area (Å²) in [5.41, 5.74) is 0. The van der Waals surface area contributed by atoms with E-state index in [1.165, 1.54) is 6.92 Å². The molecule has 2 N–H and O–H groups in total. The Bertz CT molecular complexity index is 260. The molecule has 2 amide bonds. The molecule has 1 aliphatic heterocycles. The molecule has 17 heavy (non-hydrogen) atoms. The first-order chi connectivity index (χ1) is 8.13. The van der Waals surface area contributed by atoms with Crippen LogP contribution in [0.25, 0.3) is 0 Å². The number of rotatable bonds is 5. The van der Waals surface area contributed by atoms with Gasteiger partial charge in [0.1, 0.15) is 0 Å². The van der Waals surface area contributed by atoms with Crippen LogP contribution in [0.5, 0.6) is 0 Å². The van der Waals surface area contributed by atoms with Gasteiger partial charge in [-0.1, -0.05) is 6.92 Å². The van der Waals surface area contributed by atoms with E-state index in [0.717, 1.165) is 39.0 Å². The Morgan fingerprint density at radius 2 is 1.94 bits per heavy atom. The largest absolute Gasteiger partial charge is 0.356 e. The molecule has 0 atom stereocenters. The van der Waals surface area contributed by atoms with Crippen molar-refractivity contribution in [2.24, 2.45) is 5.92 Å². The van der Waals surface area contributed by atoms with Gasteiger partial charge in [-0.25, -0.2) is 0 Å². The lowest BCUT2D eigenvalue weighted by atomic mass is 9.97. The third kappa shape index (κ3) is 5.17. The Morgan fingerprint density at radius 3 is 2.47 bits per heavy atom. The molecule has 0 bridgehead atoms. The Hall–Kier alpha value is -1.10. The molecular formula is C12H23N3O2. The van der Waals surface area contributed by atoms with Crippen LogP contribution in [0.2, 0.25) is 0 Å². The smallest absolute Gasteiger partial charge is 0.236 e. The molecule has 98 valence electrons. The lowest BCUT2D eigenvalue weighted by Gasteiger charge is -2.32. The second kappa shape index (κ2) is 7.27. The highest BCUT2D eigenvalue weighted by Crippen LogP contribution is 2.16. The van der Waals surface area contributed by atoms with Gasteiger partial charge in [0.15, 0.2) is 0 Å². The van der Waals surface area contributed by atoms with Crippen molar-refractivity contribution in [2.75, 3.05) is 32.7 Å². The summed E-state index contributed by atoms with van der Waals surface area (Å²) in [5, 5.41) is 5.89. The minimum absolute atomic E-state index is 0.0238. The van der Waals surface area contributed by atoms with E-state index in [9.17, 15) is 9.59 Å². The number of nitrogens with one attached hydrogen (secondary N) is 2. The number of likely N-dealkylation sites (N-methyl/N-ethyl adjacent to an activating group) is 1. The molecular weight excluding hydrogens is 218 g/mol. The van der Waals surface area contributed by atoms with Crippen LogP contribution >= 0.6 is 0 Å². The third-order valence-electron chi connectivity index (χ3n) is 3.13. The molecule has 1 rings (SSSR count). The zero-order valence-electron chi connectivity index (χ0n) is 10.8. The molecule has 1 fully saturated rings. The second-order valence-electron chi connectivity index (χ2n) is 4.54. The van der Waals surface area contributed by atoms with Crippen molar-refractivity contribution in [1.82, 2.24) is 15.5 Å². The Balaban J connectivity index is 2.20. The monoisotopic (exact) mass is 241 g/mol. The highest BCUT2D eigenvalue weighted by atomic mass is 16.2. The van der Waals surface area contributed by atoms with Crippen molar-refractivity contribution in [1.29, 1.82) is 0 Å². The fourth-order valence-electron chi connectivity index (χ4n) is 2.02. The third-order valence-corrected chi connectivity index (χ3v) is 3.13. The topological polar surface area (TPSA) is 61.4 Å². The number of piperidine rings is 1. The lowest BCUT2D eigenvalue weighted by Crippen LogP contribution is -2.44. The van der Waals surface area contributed by atoms with Gasteiger partial charge in [-0.2, -0.15) is 0 Å². The maximum atomic E-state index is 11.7. The standard InChI is InChI=1S/C12H23N3O2/c1-3-13-9-12(17)15-6-4-11(5-7-15)8-14-10(2)16/h11,13H,3-9H2,1-2H3,(H,14,16). The van der Waals surface area contributed by atoms with E-state index in [0.29, 0.717) is 12.5 Å². The van der Waals surface area contributed by atoms with Gasteiger partial charge in [-0.3, -0.25) is 9.59 Å². The zero-order chi connectivity index (χ0) is 12.7. The molecule has 0 unspecified atom stereocenters. The van der Waals surface area contributed by atoms with Crippen molar-refractivity contribution in [3.63, 3.8) is 0 Å². The zero-order valence-corrected chi connectivity index (χ0v) is 10.8. The quantitative estimate of drug-likeness (QED) is 0.710. The first-order valence-corrected chi connectivity index (χ1v) is 6.36. The molecule has 0 radical (unpaired) electrons. The van der Waals surface area contributed by atoms with Crippen LogP contribution in [0.1, 0.15) is 26.7 Å². The summed E-state index contributed by atoms with van der Waals surface area (Å²) in [7, 11) is 0. The highest BCUT2D eigenvalue weighted by molar-refractivity contribution is 5.78. The van der Waals surface area contributed by atoms with Gasteiger partial charge in [0.2, 0.25) is 11.8 Å². The predicted octanol–water partition coefficient (Wildman–Crippen LogP) is -0.0294. The number of carbonyl (C=O) groups excluding carboxylic acids is 2. The van der Waals surface area contributed by atoms with Crippen LogP contribution in [0, 0.1) is 5.92 Å². The Labute approximate surface area is 103 Å². The van der Waals surface area contributed by atoms with Crippen LogP contribution in [0.15, 0.2) is 0 Å². The maximum Gasteiger partial charge on any atom is 0.236 e. The average Bonchev–Trinajstić information content (AvgIpc) is 2.34. The van der Waals surface area contributed by atoms with Gasteiger partial charge < -0.3 is 15.5 Å². The summed E-state index contributed by atoms with van der Waals surface area (Å²) in [5.74, 6) is 0.725. The number of amides is 2. The lowest BCUT2D eigenvalue weighted by molar-refractivity contribution is -0.131. The van der Waals surface area contributed by atoms with E-state index in [1.54, 1.807) is 0 Å². The normalized spacial score (nSPS) is 16.9. The van der Waals surface area contributed by atoms with Crippen molar-refractivity contribution in [3.8, 4) is 0 Å². The molecule has 5 nitrogen and oxygen atoms in total. The van der Waals surface area contributed by atoms with Gasteiger partial charge in [-0.05, 0) is 25.3 Å². The van der Waals surface area contributed by atoms with E-state index >= 15 is 0 Å². The SMILES string of the molecule is CCNCC(=O)N1CCC(CNC(C)=O)CC1. The maximum absolute atomic E-state index is 11.7. The van der Waals surface area contributed by atoms with Gasteiger partial charge in [0.25, 0.3) is 0 Å². The van der Waals surface area contributed by atoms with Crippen LogP contribution in [0.3, 0.4) is 0 Å². The van der Waals surface area contributed by atoms with Crippen molar-refractivity contribution in [3.05, 3.63) is 0 Å². The summed E-state index contributed by atoms with van der Waals surface area (Å²) >= 11 is 0. The number of likely N-dealkylation sites (tertiary alicyclic amines) is 1. The van der Waals surface area contributed by atoms with Crippen molar-refractivity contribution >= 4 is 11.8 Å². The Morgan fingerprint density at radius 1 is 1.29 bits per heavy atom. The predicted molar refractivity (Wildman–Crippen MR) is 66.5 cm³/mol. The van der Waals surface area contributed by atoms with E-state index in [2.05, 4.69) is 10.6 Å². The van der Waals surface area contributed by atoms with Crippen LogP contribution in [0.4, 0.5) is 0 Å². The summed E-state index contributed by atoms with van der Waals surface area (Å²) in [4.78, 5) is 24.4. The van der Waals surface area contributed by atoms with Gasteiger partial charge in [0.05, 0.1) is 6.54 Å². The molecule has 1 saturated heterocycles. The minimum Gasteiger partial charge on any atom is -0.356 e. The number of nitrogens with zero attached hydrogens (tertiary/aromatic N) is 1. The molecule has 1 heterocycles. The first-order valence-electron chi connectivity index (χ1n) is 6.36. The fourth-order valence-corrected chi connectivity index (χ4v) is 2.02. The molecule has 0 aromatic heterocycles. The summed E-state index contributed by atoms with van der Waals surface area (Å²) in [6.45, 7) is 7.16. The molecule has 5 heteroatoms. The van der Waals surface area contributed by atoms with Crippen LogP contribution in [-0.4, -0.2) is 49.4 Å². The average molecular weight is 241 g/mol. The van der Waals surface area contributed by atoms with Gasteiger partial charge in [0, 0.05) is 26.6 Å². The molecule has 0 aliphatic carbocycles. The molecule has 0 saturated carbocycles. The summed E-state index contributed by atoms with van der Waals surface area (Å²) < 4.78 is 0. The molecule has 1 aliphatic rings. The van der Waals surface area contributed by atoms with Crippen LogP contribution < -0.4 is 10.6 Å². The fraction of sp³-hybridized carbons (Fsp3) is 0.833. The number of hydrogen-bond acceptors (Lipinski definition) is 3. The van der Waals surface area contributed by atoms with Crippen molar-refractivity contribution in [2.45, 2.75) is 26.7 Å². The highest BCUT2D eigenvalue weighted by Gasteiger charge is 2.22. The van der Waals surface area contributed by atoms with E-state index in [1.807, 2.05) is 11.8 Å². The molecule has 0 aromatic carbocycles. The van der Waals surface area contributed by atoms with E-state index < -0.39 is 0 Å².